The van der Waals surface area contributed by atoms with Gasteiger partial charge in [-0.3, -0.25) is 4.79 Å². The maximum Gasteiger partial charge on any atom is 0.310 e. The molecule has 0 heterocycles. The third-order valence-electron chi connectivity index (χ3n) is 1.18. The molecule has 0 rings (SSSR count). The van der Waals surface area contributed by atoms with Crippen LogP contribution in [0.15, 0.2) is 0 Å². The van der Waals surface area contributed by atoms with Crippen LogP contribution in [0.1, 0.15) is 29.1 Å². The molecule has 0 aliphatic heterocycles. The molecule has 1 unspecified atom stereocenters. The quantitative estimate of drug-likeness (QED) is 0.640. The van der Waals surface area contributed by atoms with E-state index >= 15 is 0 Å². The molecular weight excluding hydrogens is 172 g/mol. The number of thioether (sulfide) groups is 1. The molecule has 0 aromatic heterocycles. The molecule has 12 heavy (non-hydrogen) atoms. The highest BCUT2D eigenvalue weighted by Gasteiger charge is 2.20. The van der Waals surface area contributed by atoms with Crippen molar-refractivity contribution in [2.75, 3.05) is 12.0 Å². The van der Waals surface area contributed by atoms with Gasteiger partial charge in [0.25, 0.3) is 0 Å². The van der Waals surface area contributed by atoms with Gasteiger partial charge in [0.15, 0.2) is 0 Å². The standard InChI is InChI=1S/C9H18O2S/c1-7(6-12-5)8(10)11-9(2,3)4/h7H,6H2,1-5H3/i5D. The van der Waals surface area contributed by atoms with Crippen LogP contribution in [-0.4, -0.2) is 23.6 Å². The van der Waals surface area contributed by atoms with Gasteiger partial charge in [0, 0.05) is 7.12 Å². The minimum absolute atomic E-state index is 0.116. The molecule has 0 aliphatic rings. The largest absolute Gasteiger partial charge is 0.460 e. The van der Waals surface area contributed by atoms with Gasteiger partial charge in [0.2, 0.25) is 0 Å². The molecule has 0 fully saturated rings. The van der Waals surface area contributed by atoms with E-state index in [2.05, 4.69) is 0 Å². The molecule has 0 radical (unpaired) electrons. The van der Waals surface area contributed by atoms with Crippen molar-refractivity contribution < 1.29 is 10.9 Å². The van der Waals surface area contributed by atoms with E-state index < -0.39 is 5.60 Å². The number of esters is 1. The Balaban J connectivity index is 3.83. The molecule has 3 heteroatoms. The Hall–Kier alpha value is -0.180. The molecule has 0 bridgehead atoms. The molecule has 0 saturated carbocycles. The first-order chi connectivity index (χ1) is 5.87. The average molecular weight is 191 g/mol. The SMILES string of the molecule is [2H]CSCC(C)C(=O)OC(C)(C)C. The third-order valence-corrected chi connectivity index (χ3v) is 1.91. The number of carbonyl (C=O) groups excluding carboxylic acids is 1. The summed E-state index contributed by atoms with van der Waals surface area (Å²) in [4.78, 5) is 11.4. The molecule has 0 aliphatic carbocycles. The van der Waals surface area contributed by atoms with E-state index in [4.69, 9.17) is 6.11 Å². The zero-order valence-corrected chi connectivity index (χ0v) is 9.03. The summed E-state index contributed by atoms with van der Waals surface area (Å²) in [6.07, 6.45) is 0.299. The van der Waals surface area contributed by atoms with Gasteiger partial charge in [-0.2, -0.15) is 11.8 Å². The molecular formula is C9H18O2S. The van der Waals surface area contributed by atoms with Gasteiger partial charge >= 0.3 is 5.97 Å². The van der Waals surface area contributed by atoms with Crippen molar-refractivity contribution in [3.05, 3.63) is 0 Å². The summed E-state index contributed by atoms with van der Waals surface area (Å²) in [5.41, 5.74) is -0.406. The van der Waals surface area contributed by atoms with Crippen LogP contribution >= 0.6 is 11.8 Å². The van der Waals surface area contributed by atoms with E-state index in [9.17, 15) is 4.79 Å². The lowest BCUT2D eigenvalue weighted by Crippen LogP contribution is -2.28. The second kappa shape index (κ2) is 4.75. The van der Waals surface area contributed by atoms with Crippen molar-refractivity contribution in [2.45, 2.75) is 33.3 Å². The fourth-order valence-corrected chi connectivity index (χ4v) is 1.14. The van der Waals surface area contributed by atoms with E-state index in [1.54, 1.807) is 0 Å². The molecule has 72 valence electrons. The summed E-state index contributed by atoms with van der Waals surface area (Å²) in [7, 11) is 0. The average Bonchev–Trinajstić information content (AvgIpc) is 1.96. The molecule has 0 spiro atoms. The van der Waals surface area contributed by atoms with E-state index in [0.717, 1.165) is 0 Å². The highest BCUT2D eigenvalue weighted by Crippen LogP contribution is 2.13. The van der Waals surface area contributed by atoms with Crippen molar-refractivity contribution in [3.63, 3.8) is 0 Å². The first-order valence-electron chi connectivity index (χ1n) is 4.67. The van der Waals surface area contributed by atoms with E-state index in [0.29, 0.717) is 12.0 Å². The summed E-state index contributed by atoms with van der Waals surface area (Å²) in [5.74, 6) is 0.376. The van der Waals surface area contributed by atoms with Crippen LogP contribution in [-0.2, 0) is 9.53 Å². The van der Waals surface area contributed by atoms with Crippen molar-refractivity contribution in [1.29, 1.82) is 0 Å². The topological polar surface area (TPSA) is 26.3 Å². The van der Waals surface area contributed by atoms with Crippen LogP contribution in [0.5, 0.6) is 0 Å². The summed E-state index contributed by atoms with van der Waals surface area (Å²) < 4.78 is 12.1. The fraction of sp³-hybridized carbons (Fsp3) is 0.889. The number of hydrogen-bond donors (Lipinski definition) is 0. The molecule has 0 amide bonds. The minimum Gasteiger partial charge on any atom is -0.460 e. The lowest BCUT2D eigenvalue weighted by atomic mass is 10.1. The number of carbonyl (C=O) groups is 1. The Labute approximate surface area is 80.5 Å². The molecule has 0 saturated heterocycles. The molecule has 0 N–H and O–H groups in total. The smallest absolute Gasteiger partial charge is 0.310 e. The van der Waals surface area contributed by atoms with Gasteiger partial charge in [0.1, 0.15) is 5.60 Å². The predicted octanol–water partition coefficient (Wildman–Crippen LogP) is 2.33. The number of hydrogen-bond acceptors (Lipinski definition) is 3. The van der Waals surface area contributed by atoms with Crippen LogP contribution < -0.4 is 0 Å². The van der Waals surface area contributed by atoms with Crippen molar-refractivity contribution in [2.24, 2.45) is 5.92 Å². The number of ether oxygens (including phenoxy) is 1. The predicted molar refractivity (Wildman–Crippen MR) is 53.4 cm³/mol. The van der Waals surface area contributed by atoms with Gasteiger partial charge in [-0.25, -0.2) is 0 Å². The first-order valence-corrected chi connectivity index (χ1v) is 5.12. The van der Waals surface area contributed by atoms with Gasteiger partial charge in [-0.05, 0) is 27.0 Å². The lowest BCUT2D eigenvalue weighted by Gasteiger charge is -2.21. The van der Waals surface area contributed by atoms with Crippen LogP contribution in [0.2, 0.25) is 0 Å². The van der Waals surface area contributed by atoms with Gasteiger partial charge in [-0.15, -0.1) is 0 Å². The monoisotopic (exact) mass is 191 g/mol. The van der Waals surface area contributed by atoms with Crippen LogP contribution in [0.3, 0.4) is 0 Å². The summed E-state index contributed by atoms with van der Waals surface area (Å²) in [6, 6.07) is 0. The Morgan fingerprint density at radius 3 is 2.67 bits per heavy atom. The van der Waals surface area contributed by atoms with Gasteiger partial charge in [0.05, 0.1) is 5.92 Å². The first kappa shape index (κ1) is 9.90. The fourth-order valence-electron chi connectivity index (χ4n) is 0.647. The van der Waals surface area contributed by atoms with Crippen molar-refractivity contribution in [1.82, 2.24) is 0 Å². The van der Waals surface area contributed by atoms with E-state index in [1.807, 2.05) is 27.7 Å². The summed E-state index contributed by atoms with van der Waals surface area (Å²) >= 11 is 1.44. The highest BCUT2D eigenvalue weighted by atomic mass is 32.2. The summed E-state index contributed by atoms with van der Waals surface area (Å²) in [5, 5.41) is 0. The van der Waals surface area contributed by atoms with Gasteiger partial charge in [-0.1, -0.05) is 6.92 Å². The van der Waals surface area contributed by atoms with E-state index in [-0.39, 0.29) is 11.9 Å². The molecule has 0 aromatic carbocycles. The van der Waals surface area contributed by atoms with Crippen LogP contribution in [0.4, 0.5) is 0 Å². The van der Waals surface area contributed by atoms with E-state index in [1.165, 1.54) is 11.8 Å². The van der Waals surface area contributed by atoms with Crippen LogP contribution in [0.25, 0.3) is 0 Å². The normalized spacial score (nSPS) is 15.2. The Kier molecular flexibility index (Phi) is 3.92. The third kappa shape index (κ3) is 5.47. The van der Waals surface area contributed by atoms with Crippen molar-refractivity contribution >= 4 is 17.7 Å². The minimum atomic E-state index is -0.406. The highest BCUT2D eigenvalue weighted by molar-refractivity contribution is 7.98. The maximum absolute atomic E-state index is 11.4. The second-order valence-electron chi connectivity index (χ2n) is 3.81. The zero-order valence-electron chi connectivity index (χ0n) is 9.22. The molecule has 1 atom stereocenters. The molecule has 0 aromatic rings. The molecule has 2 nitrogen and oxygen atoms in total. The Bertz CT molecular complexity index is 165. The van der Waals surface area contributed by atoms with Crippen molar-refractivity contribution in [3.8, 4) is 0 Å². The Morgan fingerprint density at radius 1 is 1.67 bits per heavy atom. The lowest BCUT2D eigenvalue weighted by molar-refractivity contribution is -0.158. The number of rotatable bonds is 3. The van der Waals surface area contributed by atoms with Crippen LogP contribution in [0, 0.1) is 5.92 Å². The maximum atomic E-state index is 11.4. The second-order valence-corrected chi connectivity index (χ2v) is 4.55. The summed E-state index contributed by atoms with van der Waals surface area (Å²) in [6.45, 7) is 7.40. The Morgan fingerprint density at radius 2 is 2.25 bits per heavy atom. The van der Waals surface area contributed by atoms with Gasteiger partial charge < -0.3 is 4.74 Å². The zero-order chi connectivity index (χ0) is 10.5.